The number of thiophene rings is 1. The summed E-state index contributed by atoms with van der Waals surface area (Å²) < 4.78 is 32.6. The van der Waals surface area contributed by atoms with Gasteiger partial charge in [0.15, 0.2) is 0 Å². The summed E-state index contributed by atoms with van der Waals surface area (Å²) in [6.07, 6.45) is 0.613. The van der Waals surface area contributed by atoms with Crippen molar-refractivity contribution in [1.82, 2.24) is 4.72 Å². The van der Waals surface area contributed by atoms with Gasteiger partial charge in [-0.1, -0.05) is 6.07 Å². The number of sulfonamides is 1. The van der Waals surface area contributed by atoms with Crippen molar-refractivity contribution in [2.75, 3.05) is 11.9 Å². The third-order valence-corrected chi connectivity index (χ3v) is 6.44. The summed E-state index contributed by atoms with van der Waals surface area (Å²) >= 11 is 1.57. The van der Waals surface area contributed by atoms with Crippen molar-refractivity contribution < 1.29 is 22.7 Å². The van der Waals surface area contributed by atoms with Gasteiger partial charge in [-0.3, -0.25) is 4.79 Å². The number of hydrogen-bond acceptors (Lipinski definition) is 6. The lowest BCUT2D eigenvalue weighted by atomic mass is 10.2. The highest BCUT2D eigenvalue weighted by molar-refractivity contribution is 7.89. The van der Waals surface area contributed by atoms with Crippen LogP contribution in [0.2, 0.25) is 0 Å². The molecule has 0 aliphatic rings. The molecule has 7 nitrogen and oxygen atoms in total. The molecule has 1 amide bonds. The molecule has 3 aromatic rings. The first-order valence-electron chi connectivity index (χ1n) is 9.05. The molecule has 0 saturated carbocycles. The highest BCUT2D eigenvalue weighted by Crippen LogP contribution is 2.18. The smallest absolute Gasteiger partial charge is 0.343 e. The van der Waals surface area contributed by atoms with Crippen molar-refractivity contribution in [2.24, 2.45) is 0 Å². The van der Waals surface area contributed by atoms with Gasteiger partial charge >= 0.3 is 5.97 Å². The molecule has 0 aliphatic heterocycles. The summed E-state index contributed by atoms with van der Waals surface area (Å²) in [4.78, 5) is 24.5. The number of benzene rings is 2. The Balaban J connectivity index is 1.58. The van der Waals surface area contributed by atoms with E-state index in [9.17, 15) is 18.0 Å². The van der Waals surface area contributed by atoms with E-state index >= 15 is 0 Å². The van der Waals surface area contributed by atoms with E-state index in [1.165, 1.54) is 31.2 Å². The van der Waals surface area contributed by atoms with Crippen molar-refractivity contribution in [3.05, 3.63) is 76.5 Å². The molecule has 0 saturated heterocycles. The Labute approximate surface area is 178 Å². The number of carbonyl (C=O) groups excluding carboxylic acids is 2. The molecular weight excluding hydrogens is 424 g/mol. The predicted molar refractivity (Wildman–Crippen MR) is 115 cm³/mol. The maximum atomic E-state index is 12.4. The Morgan fingerprint density at radius 3 is 2.30 bits per heavy atom. The summed E-state index contributed by atoms with van der Waals surface area (Å²) in [5.74, 6) is -0.506. The third kappa shape index (κ3) is 5.99. The largest absolute Gasteiger partial charge is 0.423 e. The Hall–Kier alpha value is -3.01. The average molecular weight is 445 g/mol. The van der Waals surface area contributed by atoms with Gasteiger partial charge in [0.25, 0.3) is 0 Å². The molecule has 2 N–H and O–H groups in total. The van der Waals surface area contributed by atoms with Crippen LogP contribution in [0.25, 0.3) is 0 Å². The number of hydrogen-bond donors (Lipinski definition) is 2. The molecule has 0 radical (unpaired) electrons. The zero-order chi connectivity index (χ0) is 21.6. The maximum Gasteiger partial charge on any atom is 0.343 e. The lowest BCUT2D eigenvalue weighted by Crippen LogP contribution is -2.25. The molecule has 0 fully saturated rings. The van der Waals surface area contributed by atoms with E-state index in [1.54, 1.807) is 35.6 Å². The predicted octanol–water partition coefficient (Wildman–Crippen LogP) is 3.45. The fraction of sp³-hybridized carbons (Fsp3) is 0.143. The normalized spacial score (nSPS) is 11.1. The minimum Gasteiger partial charge on any atom is -0.423 e. The van der Waals surface area contributed by atoms with Gasteiger partial charge in [-0.25, -0.2) is 17.9 Å². The van der Waals surface area contributed by atoms with Crippen LogP contribution >= 0.6 is 11.3 Å². The zero-order valence-corrected chi connectivity index (χ0v) is 17.8. The molecule has 1 heterocycles. The second-order valence-corrected chi connectivity index (χ2v) is 9.15. The van der Waals surface area contributed by atoms with Gasteiger partial charge in [-0.15, -0.1) is 11.3 Å². The van der Waals surface area contributed by atoms with E-state index in [4.69, 9.17) is 4.74 Å². The topological polar surface area (TPSA) is 102 Å². The van der Waals surface area contributed by atoms with Crippen LogP contribution in [-0.4, -0.2) is 26.8 Å². The number of carbonyl (C=O) groups is 2. The minimum atomic E-state index is -3.66. The molecule has 9 heteroatoms. The summed E-state index contributed by atoms with van der Waals surface area (Å²) in [6, 6.07) is 15.7. The lowest BCUT2D eigenvalue weighted by Gasteiger charge is -2.08. The Morgan fingerprint density at radius 2 is 1.70 bits per heavy atom. The van der Waals surface area contributed by atoms with Gasteiger partial charge in [0.05, 0.1) is 10.5 Å². The Bertz CT molecular complexity index is 1110. The second-order valence-electron chi connectivity index (χ2n) is 6.35. The third-order valence-electron chi connectivity index (χ3n) is 4.03. The van der Waals surface area contributed by atoms with Gasteiger partial charge in [-0.05, 0) is 66.4 Å². The minimum absolute atomic E-state index is 0.0740. The molecule has 156 valence electrons. The van der Waals surface area contributed by atoms with Gasteiger partial charge in [0.2, 0.25) is 15.9 Å². The van der Waals surface area contributed by atoms with Crippen LogP contribution in [0.4, 0.5) is 5.69 Å². The summed E-state index contributed by atoms with van der Waals surface area (Å²) in [5, 5.41) is 4.56. The molecule has 0 bridgehead atoms. The maximum absolute atomic E-state index is 12.4. The van der Waals surface area contributed by atoms with Crippen LogP contribution < -0.4 is 14.8 Å². The van der Waals surface area contributed by atoms with Crippen LogP contribution in [0.1, 0.15) is 22.2 Å². The monoisotopic (exact) mass is 444 g/mol. The fourth-order valence-electron chi connectivity index (χ4n) is 2.59. The van der Waals surface area contributed by atoms with Crippen LogP contribution in [0.5, 0.6) is 5.75 Å². The van der Waals surface area contributed by atoms with E-state index in [1.807, 2.05) is 17.5 Å². The summed E-state index contributed by atoms with van der Waals surface area (Å²) in [7, 11) is -3.66. The van der Waals surface area contributed by atoms with E-state index in [-0.39, 0.29) is 16.4 Å². The van der Waals surface area contributed by atoms with E-state index in [0.717, 1.165) is 4.88 Å². The number of anilines is 1. The van der Waals surface area contributed by atoms with Gasteiger partial charge in [-0.2, -0.15) is 0 Å². The Morgan fingerprint density at radius 1 is 1.00 bits per heavy atom. The summed E-state index contributed by atoms with van der Waals surface area (Å²) in [5.41, 5.74) is 0.807. The van der Waals surface area contributed by atoms with Crippen LogP contribution in [0.15, 0.2) is 70.9 Å². The fourth-order valence-corrected chi connectivity index (χ4v) is 4.33. The van der Waals surface area contributed by atoms with Crippen LogP contribution in [-0.2, 0) is 21.2 Å². The highest BCUT2D eigenvalue weighted by atomic mass is 32.2. The molecule has 2 aromatic carbocycles. The van der Waals surface area contributed by atoms with Crippen molar-refractivity contribution >= 4 is 38.9 Å². The first-order valence-corrected chi connectivity index (χ1v) is 11.4. The number of nitrogens with one attached hydrogen (secondary N) is 2. The molecule has 0 spiro atoms. The number of esters is 1. The van der Waals surface area contributed by atoms with Crippen molar-refractivity contribution in [3.63, 3.8) is 0 Å². The SMILES string of the molecule is CC(=O)Nc1ccc(OC(=O)c2ccc(S(=O)(=O)NCCc3cccs3)cc2)cc1. The molecule has 0 atom stereocenters. The molecule has 1 aromatic heterocycles. The average Bonchev–Trinajstić information content (AvgIpc) is 3.22. The first-order chi connectivity index (χ1) is 14.3. The number of amides is 1. The zero-order valence-electron chi connectivity index (χ0n) is 16.1. The molecular formula is C21H20N2O5S2. The highest BCUT2D eigenvalue weighted by Gasteiger charge is 2.15. The molecule has 0 aliphatic carbocycles. The quantitative estimate of drug-likeness (QED) is 0.409. The van der Waals surface area contributed by atoms with Gasteiger partial charge < -0.3 is 10.1 Å². The lowest BCUT2D eigenvalue weighted by molar-refractivity contribution is -0.114. The molecule has 0 unspecified atom stereocenters. The standard InChI is InChI=1S/C21H20N2O5S2/c1-15(24)23-17-6-8-18(9-7-17)28-21(25)16-4-10-20(11-5-16)30(26,27)22-13-12-19-3-2-14-29-19/h2-11,14,22H,12-13H2,1H3,(H,23,24). The van der Waals surface area contributed by atoms with E-state index in [0.29, 0.717) is 24.4 Å². The van der Waals surface area contributed by atoms with Crippen molar-refractivity contribution in [3.8, 4) is 5.75 Å². The van der Waals surface area contributed by atoms with Crippen molar-refractivity contribution in [2.45, 2.75) is 18.2 Å². The van der Waals surface area contributed by atoms with E-state index < -0.39 is 16.0 Å². The van der Waals surface area contributed by atoms with Crippen molar-refractivity contribution in [1.29, 1.82) is 0 Å². The molecule has 3 rings (SSSR count). The van der Waals surface area contributed by atoms with Crippen LogP contribution in [0, 0.1) is 0 Å². The van der Waals surface area contributed by atoms with Crippen LogP contribution in [0.3, 0.4) is 0 Å². The number of rotatable bonds is 8. The van der Waals surface area contributed by atoms with Gasteiger partial charge in [0.1, 0.15) is 5.75 Å². The van der Waals surface area contributed by atoms with E-state index in [2.05, 4.69) is 10.0 Å². The summed E-state index contributed by atoms with van der Waals surface area (Å²) in [6.45, 7) is 1.69. The second kappa shape index (κ2) is 9.66. The van der Waals surface area contributed by atoms with Gasteiger partial charge in [0, 0.05) is 24.0 Å². The molecule has 30 heavy (non-hydrogen) atoms. The number of ether oxygens (including phenoxy) is 1. The first kappa shape index (κ1) is 21.7. The Kier molecular flexibility index (Phi) is 6.99.